The molecule has 22 heavy (non-hydrogen) atoms. The van der Waals surface area contributed by atoms with Crippen LogP contribution in [0.25, 0.3) is 27.5 Å². The summed E-state index contributed by atoms with van der Waals surface area (Å²) in [5.74, 6) is 0. The molecule has 2 unspecified atom stereocenters. The molecule has 1 N–H and O–H groups in total. The van der Waals surface area contributed by atoms with E-state index in [-0.39, 0.29) is 0 Å². The fourth-order valence-corrected chi connectivity index (χ4v) is 4.06. The van der Waals surface area contributed by atoms with Gasteiger partial charge in [0.25, 0.3) is 0 Å². The zero-order valence-electron chi connectivity index (χ0n) is 12.5. The Balaban J connectivity index is 1.65. The molecule has 2 aliphatic rings. The molecule has 0 saturated carbocycles. The number of hydrogen-bond donors (Lipinski definition) is 1. The molecular formula is C20H19NO. The van der Waals surface area contributed by atoms with Gasteiger partial charge in [-0.15, -0.1) is 0 Å². The van der Waals surface area contributed by atoms with Crippen LogP contribution in [0.1, 0.15) is 31.2 Å². The summed E-state index contributed by atoms with van der Waals surface area (Å²) in [6, 6.07) is 16.2. The van der Waals surface area contributed by atoms with Crippen LogP contribution in [0.3, 0.4) is 0 Å². The summed E-state index contributed by atoms with van der Waals surface area (Å²) >= 11 is 0. The zero-order chi connectivity index (χ0) is 14.5. The van der Waals surface area contributed by atoms with Crippen LogP contribution in [0, 0.1) is 0 Å². The van der Waals surface area contributed by atoms with Gasteiger partial charge in [0.05, 0.1) is 0 Å². The fraction of sp³-hybridized carbons (Fsp3) is 0.300. The number of piperidine rings is 1. The van der Waals surface area contributed by atoms with E-state index < -0.39 is 0 Å². The second-order valence-corrected chi connectivity index (χ2v) is 6.61. The predicted molar refractivity (Wildman–Crippen MR) is 90.9 cm³/mol. The highest BCUT2D eigenvalue weighted by molar-refractivity contribution is 6.05. The maximum Gasteiger partial charge on any atom is 0.135 e. The highest BCUT2D eigenvalue weighted by atomic mass is 16.3. The molecule has 2 aromatic carbocycles. The van der Waals surface area contributed by atoms with E-state index in [9.17, 15) is 0 Å². The Bertz CT molecular complexity index is 889. The van der Waals surface area contributed by atoms with Crippen molar-refractivity contribution in [1.82, 2.24) is 5.32 Å². The van der Waals surface area contributed by atoms with Gasteiger partial charge in [-0.1, -0.05) is 36.8 Å². The molecule has 0 aliphatic carbocycles. The summed E-state index contributed by atoms with van der Waals surface area (Å²) in [4.78, 5) is 0. The third-order valence-electron chi connectivity index (χ3n) is 5.13. The van der Waals surface area contributed by atoms with Crippen molar-refractivity contribution in [2.75, 3.05) is 0 Å². The monoisotopic (exact) mass is 289 g/mol. The Morgan fingerprint density at radius 1 is 0.955 bits per heavy atom. The highest BCUT2D eigenvalue weighted by Gasteiger charge is 2.26. The first-order chi connectivity index (χ1) is 10.9. The highest BCUT2D eigenvalue weighted by Crippen LogP contribution is 2.35. The van der Waals surface area contributed by atoms with E-state index in [0.29, 0.717) is 12.1 Å². The number of fused-ring (bicyclic) bond motifs is 5. The van der Waals surface area contributed by atoms with Crippen molar-refractivity contribution in [2.24, 2.45) is 0 Å². The molecule has 0 radical (unpaired) electrons. The van der Waals surface area contributed by atoms with Gasteiger partial charge in [-0.3, -0.25) is 0 Å². The van der Waals surface area contributed by atoms with Gasteiger partial charge in [0, 0.05) is 22.9 Å². The lowest BCUT2D eigenvalue weighted by molar-refractivity contribution is 0.348. The van der Waals surface area contributed by atoms with Gasteiger partial charge in [-0.2, -0.15) is 0 Å². The smallest absolute Gasteiger partial charge is 0.135 e. The Kier molecular flexibility index (Phi) is 2.68. The molecule has 110 valence electrons. The van der Waals surface area contributed by atoms with Crippen molar-refractivity contribution in [2.45, 2.75) is 37.8 Å². The summed E-state index contributed by atoms with van der Waals surface area (Å²) < 4.78 is 5.94. The van der Waals surface area contributed by atoms with Crippen LogP contribution in [0.15, 0.2) is 53.0 Å². The number of hydrogen-bond acceptors (Lipinski definition) is 2. The van der Waals surface area contributed by atoms with Crippen LogP contribution < -0.4 is 5.32 Å². The molecule has 2 bridgehead atoms. The quantitative estimate of drug-likeness (QED) is 0.690. The Hall–Kier alpha value is -2.06. The maximum atomic E-state index is 5.94. The zero-order valence-corrected chi connectivity index (χ0v) is 12.5. The molecule has 2 atom stereocenters. The summed E-state index contributed by atoms with van der Waals surface area (Å²) in [5.41, 5.74) is 4.82. The van der Waals surface area contributed by atoms with Crippen LogP contribution in [-0.4, -0.2) is 12.1 Å². The lowest BCUT2D eigenvalue weighted by atomic mass is 9.84. The number of nitrogens with one attached hydrogen (secondary N) is 1. The van der Waals surface area contributed by atoms with E-state index in [1.165, 1.54) is 41.2 Å². The lowest BCUT2D eigenvalue weighted by Gasteiger charge is -2.35. The maximum absolute atomic E-state index is 5.94. The minimum absolute atomic E-state index is 0.569. The van der Waals surface area contributed by atoms with Crippen molar-refractivity contribution in [3.05, 3.63) is 54.1 Å². The average Bonchev–Trinajstić information content (AvgIpc) is 2.92. The van der Waals surface area contributed by atoms with Crippen molar-refractivity contribution in [1.29, 1.82) is 0 Å². The largest absolute Gasteiger partial charge is 0.456 e. The topological polar surface area (TPSA) is 25.2 Å². The van der Waals surface area contributed by atoms with Crippen molar-refractivity contribution >= 4 is 27.5 Å². The molecule has 1 saturated heterocycles. The molecular weight excluding hydrogens is 270 g/mol. The SMILES string of the molecule is C1=C(c2ccc3oc4ccccc4c3c2)CC2CCCC1N2. The first-order valence-electron chi connectivity index (χ1n) is 8.25. The van der Waals surface area contributed by atoms with E-state index in [2.05, 4.69) is 41.7 Å². The van der Waals surface area contributed by atoms with Gasteiger partial charge in [-0.05, 0) is 48.6 Å². The van der Waals surface area contributed by atoms with Crippen LogP contribution in [0.4, 0.5) is 0 Å². The summed E-state index contributed by atoms with van der Waals surface area (Å²) in [5, 5.41) is 6.17. The minimum atomic E-state index is 0.569. The molecule has 1 aromatic heterocycles. The molecule has 3 aromatic rings. The average molecular weight is 289 g/mol. The van der Waals surface area contributed by atoms with Crippen molar-refractivity contribution in [3.63, 3.8) is 0 Å². The van der Waals surface area contributed by atoms with E-state index in [1.54, 1.807) is 0 Å². The van der Waals surface area contributed by atoms with Gasteiger partial charge in [0.15, 0.2) is 0 Å². The number of furan rings is 1. The Morgan fingerprint density at radius 2 is 1.86 bits per heavy atom. The van der Waals surface area contributed by atoms with E-state index in [4.69, 9.17) is 4.42 Å². The Morgan fingerprint density at radius 3 is 2.82 bits per heavy atom. The van der Waals surface area contributed by atoms with E-state index in [0.717, 1.165) is 17.6 Å². The van der Waals surface area contributed by atoms with E-state index >= 15 is 0 Å². The van der Waals surface area contributed by atoms with Crippen molar-refractivity contribution in [3.8, 4) is 0 Å². The molecule has 2 nitrogen and oxygen atoms in total. The molecule has 1 fully saturated rings. The van der Waals surface area contributed by atoms with Crippen LogP contribution in [0.5, 0.6) is 0 Å². The molecule has 3 heterocycles. The molecule has 2 aliphatic heterocycles. The predicted octanol–water partition coefficient (Wildman–Crippen LogP) is 4.88. The fourth-order valence-electron chi connectivity index (χ4n) is 4.06. The third-order valence-corrected chi connectivity index (χ3v) is 5.13. The standard InChI is InChI=1S/C20H19NO/c1-2-7-19-17(6-1)18-12-13(8-9-20(18)22-19)14-10-15-4-3-5-16(11-14)21-15/h1-2,6-10,12,15-16,21H,3-5,11H2. The van der Waals surface area contributed by atoms with Crippen molar-refractivity contribution < 1.29 is 4.42 Å². The number of benzene rings is 2. The van der Waals surface area contributed by atoms with Gasteiger partial charge in [0.1, 0.15) is 11.2 Å². The first-order valence-corrected chi connectivity index (χ1v) is 8.25. The van der Waals surface area contributed by atoms with Gasteiger partial charge >= 0.3 is 0 Å². The van der Waals surface area contributed by atoms with Crippen LogP contribution in [0.2, 0.25) is 0 Å². The van der Waals surface area contributed by atoms with Gasteiger partial charge in [0.2, 0.25) is 0 Å². The minimum Gasteiger partial charge on any atom is -0.456 e. The summed E-state index contributed by atoms with van der Waals surface area (Å²) in [6.07, 6.45) is 7.54. The normalized spacial score (nSPS) is 24.6. The summed E-state index contributed by atoms with van der Waals surface area (Å²) in [7, 11) is 0. The van der Waals surface area contributed by atoms with Crippen LogP contribution >= 0.6 is 0 Å². The number of para-hydroxylation sites is 1. The van der Waals surface area contributed by atoms with Crippen LogP contribution in [-0.2, 0) is 0 Å². The lowest BCUT2D eigenvalue weighted by Crippen LogP contribution is -2.44. The summed E-state index contributed by atoms with van der Waals surface area (Å²) in [6.45, 7) is 0. The Labute approximate surface area is 129 Å². The molecule has 5 rings (SSSR count). The molecule has 2 heteroatoms. The second kappa shape index (κ2) is 4.72. The van der Waals surface area contributed by atoms with Gasteiger partial charge < -0.3 is 9.73 Å². The third kappa shape index (κ3) is 1.91. The van der Waals surface area contributed by atoms with Gasteiger partial charge in [-0.25, -0.2) is 0 Å². The van der Waals surface area contributed by atoms with E-state index in [1.807, 2.05) is 12.1 Å². The molecule has 0 spiro atoms. The second-order valence-electron chi connectivity index (χ2n) is 6.61. The first kappa shape index (κ1) is 12.5. The molecule has 0 amide bonds. The number of rotatable bonds is 1.